The third-order valence-electron chi connectivity index (χ3n) is 4.45. The molecule has 26 heavy (non-hydrogen) atoms. The van der Waals surface area contributed by atoms with Crippen LogP contribution in [0.4, 0.5) is 0 Å². The third kappa shape index (κ3) is 3.60. The lowest BCUT2D eigenvalue weighted by Crippen LogP contribution is -2.07. The molecule has 0 atom stereocenters. The van der Waals surface area contributed by atoms with E-state index in [9.17, 15) is 25.2 Å². The van der Waals surface area contributed by atoms with Crippen LogP contribution in [-0.2, 0) is 11.4 Å². The van der Waals surface area contributed by atoms with Gasteiger partial charge in [0.2, 0.25) is 0 Å². The monoisotopic (exact) mass is 352 g/mol. The van der Waals surface area contributed by atoms with Gasteiger partial charge in [-0.25, -0.2) is 0 Å². The highest BCUT2D eigenvalue weighted by molar-refractivity contribution is 5.95. The van der Waals surface area contributed by atoms with Gasteiger partial charge in [-0.3, -0.25) is 4.79 Å². The molecule has 4 N–H and O–H groups in total. The first-order valence-electron chi connectivity index (χ1n) is 8.34. The Hall–Kier alpha value is -2.73. The zero-order valence-electron chi connectivity index (χ0n) is 14.1. The number of para-hydroxylation sites is 1. The lowest BCUT2D eigenvalue weighted by molar-refractivity contribution is -0.114. The molecule has 1 aliphatic rings. The SMILES string of the molecule is O=C1C=C/C(=C(\c2ccccc2O)c2ccc(CO)cc2C(O)O)CC1. The van der Waals surface area contributed by atoms with Crippen LogP contribution >= 0.6 is 0 Å². The summed E-state index contributed by atoms with van der Waals surface area (Å²) in [6.45, 7) is -0.225. The van der Waals surface area contributed by atoms with Gasteiger partial charge < -0.3 is 20.4 Å². The second-order valence-corrected chi connectivity index (χ2v) is 6.17. The molecule has 1 aliphatic carbocycles. The molecule has 0 saturated carbocycles. The maximum Gasteiger partial charge on any atom is 0.179 e. The summed E-state index contributed by atoms with van der Waals surface area (Å²) in [5, 5.41) is 39.4. The number of aliphatic hydroxyl groups is 3. The Morgan fingerprint density at radius 2 is 1.77 bits per heavy atom. The minimum absolute atomic E-state index is 0.0310. The van der Waals surface area contributed by atoms with E-state index in [2.05, 4.69) is 0 Å². The fraction of sp³-hybridized carbons (Fsp3) is 0.190. The van der Waals surface area contributed by atoms with Crippen LogP contribution in [0.25, 0.3) is 5.57 Å². The Morgan fingerprint density at radius 1 is 1.00 bits per heavy atom. The van der Waals surface area contributed by atoms with Crippen LogP contribution in [0.1, 0.15) is 41.4 Å². The van der Waals surface area contributed by atoms with Crippen molar-refractivity contribution in [3.8, 4) is 5.75 Å². The molecule has 0 heterocycles. The van der Waals surface area contributed by atoms with E-state index in [0.717, 1.165) is 5.57 Å². The molecule has 0 saturated heterocycles. The lowest BCUT2D eigenvalue weighted by Gasteiger charge is -2.21. The van der Waals surface area contributed by atoms with Crippen molar-refractivity contribution < 1.29 is 25.2 Å². The number of phenols is 1. The molecule has 134 valence electrons. The van der Waals surface area contributed by atoms with Gasteiger partial charge in [-0.05, 0) is 46.9 Å². The second-order valence-electron chi connectivity index (χ2n) is 6.17. The summed E-state index contributed by atoms with van der Waals surface area (Å²) in [7, 11) is 0. The fourth-order valence-electron chi connectivity index (χ4n) is 3.15. The van der Waals surface area contributed by atoms with Crippen LogP contribution in [0.3, 0.4) is 0 Å². The Balaban J connectivity index is 2.30. The number of carbonyl (C=O) groups is 1. The molecule has 0 amide bonds. The number of aromatic hydroxyl groups is 1. The van der Waals surface area contributed by atoms with Crippen LogP contribution in [0.15, 0.2) is 60.2 Å². The highest BCUT2D eigenvalue weighted by atomic mass is 16.5. The molecule has 2 aromatic rings. The van der Waals surface area contributed by atoms with E-state index in [1.54, 1.807) is 42.5 Å². The van der Waals surface area contributed by atoms with E-state index in [4.69, 9.17) is 0 Å². The predicted molar refractivity (Wildman–Crippen MR) is 97.1 cm³/mol. The highest BCUT2D eigenvalue weighted by Crippen LogP contribution is 2.38. The summed E-state index contributed by atoms with van der Waals surface area (Å²) in [4.78, 5) is 11.6. The first-order chi connectivity index (χ1) is 12.5. The van der Waals surface area contributed by atoms with Gasteiger partial charge in [0.1, 0.15) is 5.75 Å². The largest absolute Gasteiger partial charge is 0.507 e. The first kappa shape index (κ1) is 18.1. The van der Waals surface area contributed by atoms with Gasteiger partial charge in [0.25, 0.3) is 0 Å². The molecule has 0 radical (unpaired) electrons. The number of rotatable bonds is 4. The molecular weight excluding hydrogens is 332 g/mol. The van der Waals surface area contributed by atoms with Crippen LogP contribution in [-0.4, -0.2) is 26.2 Å². The van der Waals surface area contributed by atoms with Gasteiger partial charge in [-0.15, -0.1) is 0 Å². The van der Waals surface area contributed by atoms with Crippen molar-refractivity contribution in [3.63, 3.8) is 0 Å². The van der Waals surface area contributed by atoms with Gasteiger partial charge in [-0.2, -0.15) is 0 Å². The van der Waals surface area contributed by atoms with E-state index in [0.29, 0.717) is 35.1 Å². The molecule has 2 aromatic carbocycles. The molecule has 5 nitrogen and oxygen atoms in total. The van der Waals surface area contributed by atoms with Crippen molar-refractivity contribution in [1.82, 2.24) is 0 Å². The number of hydrogen-bond donors (Lipinski definition) is 4. The number of hydrogen-bond acceptors (Lipinski definition) is 5. The second kappa shape index (κ2) is 7.66. The molecule has 0 unspecified atom stereocenters. The van der Waals surface area contributed by atoms with E-state index < -0.39 is 6.29 Å². The lowest BCUT2D eigenvalue weighted by atomic mass is 9.85. The number of phenolic OH excluding ortho intramolecular Hbond substituents is 1. The number of aliphatic hydroxyl groups excluding tert-OH is 2. The fourth-order valence-corrected chi connectivity index (χ4v) is 3.15. The van der Waals surface area contributed by atoms with Crippen LogP contribution in [0.2, 0.25) is 0 Å². The summed E-state index contributed by atoms with van der Waals surface area (Å²) in [5.74, 6) is 0.0911. The number of ketones is 1. The maximum absolute atomic E-state index is 11.6. The normalized spacial score (nSPS) is 16.2. The van der Waals surface area contributed by atoms with Gasteiger partial charge in [0.15, 0.2) is 12.1 Å². The minimum atomic E-state index is -1.74. The van der Waals surface area contributed by atoms with Crippen LogP contribution in [0.5, 0.6) is 5.75 Å². The van der Waals surface area contributed by atoms with Crippen LogP contribution < -0.4 is 0 Å². The zero-order chi connectivity index (χ0) is 18.7. The number of carbonyl (C=O) groups excluding carboxylic acids is 1. The van der Waals surface area contributed by atoms with Gasteiger partial charge in [0.05, 0.1) is 6.61 Å². The van der Waals surface area contributed by atoms with E-state index in [1.165, 1.54) is 12.1 Å². The predicted octanol–water partition coefficient (Wildman–Crippen LogP) is 2.59. The minimum Gasteiger partial charge on any atom is -0.507 e. The van der Waals surface area contributed by atoms with Crippen molar-refractivity contribution in [3.05, 3.63) is 82.4 Å². The molecule has 0 spiro atoms. The molecule has 3 rings (SSSR count). The Kier molecular flexibility index (Phi) is 5.32. The Labute approximate surface area is 151 Å². The topological polar surface area (TPSA) is 98.0 Å². The molecule has 0 aliphatic heterocycles. The van der Waals surface area contributed by atoms with E-state index in [1.807, 2.05) is 0 Å². The summed E-state index contributed by atoms with van der Waals surface area (Å²) in [5.41, 5.74) is 3.32. The summed E-state index contributed by atoms with van der Waals surface area (Å²) in [6, 6.07) is 11.7. The standard InChI is InChI=1S/C21H20O5/c22-12-13-5-10-16(18(11-13)21(25)26)20(14-6-8-15(23)9-7-14)17-3-1-2-4-19(17)24/h1-6,8,10-11,21-22,24-26H,7,9,12H2/b20-14+. The quantitative estimate of drug-likeness (QED) is 0.634. The Morgan fingerprint density at radius 3 is 2.38 bits per heavy atom. The Bertz CT molecular complexity index is 893. The van der Waals surface area contributed by atoms with E-state index >= 15 is 0 Å². The molecule has 0 fully saturated rings. The van der Waals surface area contributed by atoms with Gasteiger partial charge in [-0.1, -0.05) is 36.4 Å². The highest BCUT2D eigenvalue weighted by Gasteiger charge is 2.21. The maximum atomic E-state index is 11.6. The zero-order valence-corrected chi connectivity index (χ0v) is 14.1. The number of allylic oxidation sites excluding steroid dienone is 3. The van der Waals surface area contributed by atoms with Gasteiger partial charge in [0, 0.05) is 17.5 Å². The average molecular weight is 352 g/mol. The van der Waals surface area contributed by atoms with Crippen LogP contribution in [0, 0.1) is 0 Å². The van der Waals surface area contributed by atoms with Crippen molar-refractivity contribution in [2.75, 3.05) is 0 Å². The summed E-state index contributed by atoms with van der Waals surface area (Å²) >= 11 is 0. The van der Waals surface area contributed by atoms with Gasteiger partial charge >= 0.3 is 0 Å². The summed E-state index contributed by atoms with van der Waals surface area (Å²) in [6.07, 6.45) is 2.31. The van der Waals surface area contributed by atoms with Crippen molar-refractivity contribution in [2.24, 2.45) is 0 Å². The summed E-state index contributed by atoms with van der Waals surface area (Å²) < 4.78 is 0. The first-order valence-corrected chi connectivity index (χ1v) is 8.34. The number of benzene rings is 2. The van der Waals surface area contributed by atoms with E-state index in [-0.39, 0.29) is 23.7 Å². The smallest absolute Gasteiger partial charge is 0.179 e. The van der Waals surface area contributed by atoms with Crippen molar-refractivity contribution in [2.45, 2.75) is 25.7 Å². The third-order valence-corrected chi connectivity index (χ3v) is 4.45. The molecular formula is C21H20O5. The van der Waals surface area contributed by atoms with Crippen molar-refractivity contribution in [1.29, 1.82) is 0 Å². The van der Waals surface area contributed by atoms with Crippen molar-refractivity contribution >= 4 is 11.4 Å². The molecule has 5 heteroatoms. The average Bonchev–Trinajstić information content (AvgIpc) is 2.65. The molecule has 0 bridgehead atoms. The molecule has 0 aromatic heterocycles.